The highest BCUT2D eigenvalue weighted by Crippen LogP contribution is 2.25. The molecule has 0 bridgehead atoms. The van der Waals surface area contributed by atoms with Crippen LogP contribution in [0.3, 0.4) is 0 Å². The third-order valence-corrected chi connectivity index (χ3v) is 4.08. The lowest BCUT2D eigenvalue weighted by molar-refractivity contribution is 0.245. The number of hydrogen-bond donors (Lipinski definition) is 1. The number of benzene rings is 2. The minimum absolute atomic E-state index is 0.164. The molecule has 2 N–H and O–H groups in total. The zero-order valence-electron chi connectivity index (χ0n) is 11.7. The number of fused-ring (bicyclic) bond motifs is 1. The molecule has 0 unspecified atom stereocenters. The molecule has 1 heterocycles. The molecule has 3 rings (SSSR count). The van der Waals surface area contributed by atoms with E-state index in [1.165, 1.54) is 22.8 Å². The van der Waals surface area contributed by atoms with Gasteiger partial charge in [0.15, 0.2) is 0 Å². The first-order valence-corrected chi connectivity index (χ1v) is 6.97. The van der Waals surface area contributed by atoms with Crippen LogP contribution in [0.15, 0.2) is 36.4 Å². The van der Waals surface area contributed by atoms with Crippen LogP contribution in [0, 0.1) is 12.7 Å². The van der Waals surface area contributed by atoms with E-state index in [0.717, 1.165) is 37.3 Å². The number of nitrogens with two attached hydrogens (primary N) is 1. The van der Waals surface area contributed by atoms with E-state index in [0.29, 0.717) is 0 Å². The third-order valence-electron chi connectivity index (χ3n) is 4.08. The number of aryl methyl sites for hydroxylation is 1. The van der Waals surface area contributed by atoms with Gasteiger partial charge in [0, 0.05) is 25.3 Å². The topological polar surface area (TPSA) is 29.3 Å². The van der Waals surface area contributed by atoms with E-state index in [1.807, 2.05) is 25.1 Å². The molecule has 0 saturated carbocycles. The van der Waals surface area contributed by atoms with Gasteiger partial charge in [-0.1, -0.05) is 18.2 Å². The molecule has 0 fully saturated rings. The predicted molar refractivity (Wildman–Crippen MR) is 79.8 cm³/mol. The lowest BCUT2D eigenvalue weighted by atomic mass is 9.97. The molecule has 0 saturated heterocycles. The number of nitrogen functional groups attached to an aromatic ring is 1. The lowest BCUT2D eigenvalue weighted by Gasteiger charge is -2.30. The Labute approximate surface area is 119 Å². The van der Waals surface area contributed by atoms with Gasteiger partial charge in [-0.3, -0.25) is 4.90 Å². The molecule has 0 spiro atoms. The van der Waals surface area contributed by atoms with E-state index in [-0.39, 0.29) is 5.82 Å². The standard InChI is InChI=1S/C17H19FN2/c1-12-9-15(18)6-5-13(12)10-20-8-7-16-14(11-20)3-2-4-17(16)19/h2-6,9H,7-8,10-11,19H2,1H3. The van der Waals surface area contributed by atoms with Crippen LogP contribution in [0.1, 0.15) is 22.3 Å². The van der Waals surface area contributed by atoms with Crippen molar-refractivity contribution in [3.8, 4) is 0 Å². The maximum atomic E-state index is 13.1. The largest absolute Gasteiger partial charge is 0.398 e. The van der Waals surface area contributed by atoms with Crippen molar-refractivity contribution in [2.45, 2.75) is 26.4 Å². The van der Waals surface area contributed by atoms with E-state index in [4.69, 9.17) is 5.73 Å². The molecule has 2 aromatic carbocycles. The van der Waals surface area contributed by atoms with Gasteiger partial charge in [0.2, 0.25) is 0 Å². The van der Waals surface area contributed by atoms with E-state index < -0.39 is 0 Å². The van der Waals surface area contributed by atoms with Crippen molar-refractivity contribution in [1.29, 1.82) is 0 Å². The summed E-state index contributed by atoms with van der Waals surface area (Å²) < 4.78 is 13.1. The Balaban J connectivity index is 1.77. The fraction of sp³-hybridized carbons (Fsp3) is 0.294. The second-order valence-electron chi connectivity index (χ2n) is 5.52. The molecular weight excluding hydrogens is 251 g/mol. The van der Waals surface area contributed by atoms with Gasteiger partial charge in [-0.2, -0.15) is 0 Å². The average Bonchev–Trinajstić information content (AvgIpc) is 2.42. The highest BCUT2D eigenvalue weighted by Gasteiger charge is 2.18. The van der Waals surface area contributed by atoms with Gasteiger partial charge in [-0.25, -0.2) is 4.39 Å². The van der Waals surface area contributed by atoms with Gasteiger partial charge >= 0.3 is 0 Å². The van der Waals surface area contributed by atoms with Crippen molar-refractivity contribution in [3.05, 3.63) is 64.5 Å². The van der Waals surface area contributed by atoms with Crippen LogP contribution < -0.4 is 5.73 Å². The first-order chi connectivity index (χ1) is 9.63. The molecule has 2 aromatic rings. The van der Waals surface area contributed by atoms with Crippen LogP contribution in [0.2, 0.25) is 0 Å². The quantitative estimate of drug-likeness (QED) is 0.849. The third kappa shape index (κ3) is 2.54. The number of rotatable bonds is 2. The zero-order chi connectivity index (χ0) is 14.1. The Hall–Kier alpha value is -1.87. The molecule has 0 radical (unpaired) electrons. The zero-order valence-corrected chi connectivity index (χ0v) is 11.7. The molecule has 0 aliphatic carbocycles. The van der Waals surface area contributed by atoms with Crippen molar-refractivity contribution in [2.24, 2.45) is 0 Å². The summed E-state index contributed by atoms with van der Waals surface area (Å²) in [7, 11) is 0. The summed E-state index contributed by atoms with van der Waals surface area (Å²) in [6, 6.07) is 11.2. The molecule has 1 aliphatic rings. The second-order valence-corrected chi connectivity index (χ2v) is 5.52. The fourth-order valence-electron chi connectivity index (χ4n) is 2.91. The van der Waals surface area contributed by atoms with E-state index >= 15 is 0 Å². The van der Waals surface area contributed by atoms with E-state index in [1.54, 1.807) is 6.07 Å². The van der Waals surface area contributed by atoms with Crippen LogP contribution >= 0.6 is 0 Å². The molecule has 0 aromatic heterocycles. The van der Waals surface area contributed by atoms with Crippen LogP contribution in [0.4, 0.5) is 10.1 Å². The molecule has 3 heteroatoms. The molecule has 0 atom stereocenters. The second kappa shape index (κ2) is 5.25. The molecule has 20 heavy (non-hydrogen) atoms. The molecular formula is C17H19FN2. The highest BCUT2D eigenvalue weighted by atomic mass is 19.1. The SMILES string of the molecule is Cc1cc(F)ccc1CN1CCc2c(N)cccc2C1. The van der Waals surface area contributed by atoms with E-state index in [9.17, 15) is 4.39 Å². The van der Waals surface area contributed by atoms with Crippen molar-refractivity contribution in [2.75, 3.05) is 12.3 Å². The number of halogens is 1. The average molecular weight is 270 g/mol. The Morgan fingerprint density at radius 3 is 2.90 bits per heavy atom. The van der Waals surface area contributed by atoms with Gasteiger partial charge in [0.05, 0.1) is 0 Å². The normalized spacial score (nSPS) is 15.1. The first kappa shape index (κ1) is 13.1. The molecule has 0 amide bonds. The van der Waals surface area contributed by atoms with Crippen molar-refractivity contribution in [1.82, 2.24) is 4.90 Å². The van der Waals surface area contributed by atoms with Gasteiger partial charge < -0.3 is 5.73 Å². The Bertz CT molecular complexity index is 637. The van der Waals surface area contributed by atoms with Gasteiger partial charge in [0.1, 0.15) is 5.82 Å². The Kier molecular flexibility index (Phi) is 3.45. The maximum Gasteiger partial charge on any atom is 0.123 e. The summed E-state index contributed by atoms with van der Waals surface area (Å²) in [4.78, 5) is 2.39. The first-order valence-electron chi connectivity index (χ1n) is 6.97. The fourth-order valence-corrected chi connectivity index (χ4v) is 2.91. The number of hydrogen-bond acceptors (Lipinski definition) is 2. The molecule has 104 valence electrons. The van der Waals surface area contributed by atoms with Crippen molar-refractivity contribution < 1.29 is 4.39 Å². The van der Waals surface area contributed by atoms with Crippen LogP contribution in [-0.2, 0) is 19.5 Å². The summed E-state index contributed by atoms with van der Waals surface area (Å²) in [6.45, 7) is 4.74. The number of nitrogens with zero attached hydrogens (tertiary/aromatic N) is 1. The highest BCUT2D eigenvalue weighted by molar-refractivity contribution is 5.51. The smallest absolute Gasteiger partial charge is 0.123 e. The van der Waals surface area contributed by atoms with Gasteiger partial charge in [0.25, 0.3) is 0 Å². The van der Waals surface area contributed by atoms with Gasteiger partial charge in [-0.15, -0.1) is 0 Å². The lowest BCUT2D eigenvalue weighted by Crippen LogP contribution is -2.30. The van der Waals surface area contributed by atoms with Crippen molar-refractivity contribution >= 4 is 5.69 Å². The van der Waals surface area contributed by atoms with Crippen molar-refractivity contribution in [3.63, 3.8) is 0 Å². The molecule has 1 aliphatic heterocycles. The van der Waals surface area contributed by atoms with E-state index in [2.05, 4.69) is 11.0 Å². The minimum atomic E-state index is -0.164. The van der Waals surface area contributed by atoms with Crippen LogP contribution in [-0.4, -0.2) is 11.4 Å². The van der Waals surface area contributed by atoms with Gasteiger partial charge in [-0.05, 0) is 53.8 Å². The maximum absolute atomic E-state index is 13.1. The summed E-state index contributed by atoms with van der Waals surface area (Å²) in [5.74, 6) is -0.164. The minimum Gasteiger partial charge on any atom is -0.398 e. The Morgan fingerprint density at radius 2 is 2.10 bits per heavy atom. The monoisotopic (exact) mass is 270 g/mol. The van der Waals surface area contributed by atoms with Crippen LogP contribution in [0.25, 0.3) is 0 Å². The number of anilines is 1. The summed E-state index contributed by atoms with van der Waals surface area (Å²) in [5, 5.41) is 0. The summed E-state index contributed by atoms with van der Waals surface area (Å²) in [6.07, 6.45) is 0.988. The summed E-state index contributed by atoms with van der Waals surface area (Å²) >= 11 is 0. The Morgan fingerprint density at radius 1 is 1.25 bits per heavy atom. The summed E-state index contributed by atoms with van der Waals surface area (Å²) in [5.41, 5.74) is 11.7. The van der Waals surface area contributed by atoms with Crippen LogP contribution in [0.5, 0.6) is 0 Å². The molecule has 2 nitrogen and oxygen atoms in total. The predicted octanol–water partition coefficient (Wildman–Crippen LogP) is 3.27.